The number of amides is 4. The first-order valence-electron chi connectivity index (χ1n) is 20.6. The van der Waals surface area contributed by atoms with E-state index < -0.39 is 54.2 Å². The van der Waals surface area contributed by atoms with Crippen LogP contribution >= 0.6 is 0 Å². The molecule has 58 heavy (non-hydrogen) atoms. The standard InChI is InChI=1S/C45H58N4O9/c50-39(24-23-36(44(55)57-29-33-17-9-3-10-18-33)49-45(56)58-30-34-19-11-4-12-20-34)48-38(28-32-15-7-2-8-16-32)43(54)46-26-25-40(51)47-37(27-31-13-5-1-6-14-31)42(53)41(52)35-21-22-35/h2-4,7-12,15-20,31,35-38,41-42,52-53H,1,5-6,13-14,21-30H2,(H,46,54)(H,47,51)(H,48,50)(H,49,56)/t36?,37-,38-,41-,42+/m0/s1. The molecule has 0 aliphatic heterocycles. The summed E-state index contributed by atoms with van der Waals surface area (Å²) in [5.41, 5.74) is 2.29. The number of carbonyl (C=O) groups is 5. The Bertz CT molecular complexity index is 1740. The summed E-state index contributed by atoms with van der Waals surface area (Å²) in [6.45, 7) is -0.0817. The third kappa shape index (κ3) is 15.2. The number of benzene rings is 3. The summed E-state index contributed by atoms with van der Waals surface area (Å²) < 4.78 is 10.8. The Morgan fingerprint density at radius 1 is 0.638 bits per heavy atom. The average molecular weight is 799 g/mol. The van der Waals surface area contributed by atoms with Crippen LogP contribution in [-0.4, -0.2) is 76.9 Å². The molecule has 13 nitrogen and oxygen atoms in total. The predicted octanol–water partition coefficient (Wildman–Crippen LogP) is 4.63. The van der Waals surface area contributed by atoms with Gasteiger partial charge in [0, 0.05) is 25.8 Å². The molecule has 3 aromatic carbocycles. The zero-order chi connectivity index (χ0) is 41.1. The van der Waals surface area contributed by atoms with Crippen molar-refractivity contribution in [2.45, 2.75) is 121 Å². The van der Waals surface area contributed by atoms with Gasteiger partial charge in [0.25, 0.3) is 0 Å². The van der Waals surface area contributed by atoms with Crippen molar-refractivity contribution in [3.63, 3.8) is 0 Å². The molecule has 3 aromatic rings. The molecule has 0 saturated heterocycles. The Kier molecular flexibility index (Phi) is 17.5. The van der Waals surface area contributed by atoms with Crippen molar-refractivity contribution in [1.82, 2.24) is 21.3 Å². The van der Waals surface area contributed by atoms with Gasteiger partial charge in [-0.15, -0.1) is 0 Å². The van der Waals surface area contributed by atoms with E-state index in [2.05, 4.69) is 21.3 Å². The average Bonchev–Trinajstić information content (AvgIpc) is 4.10. The highest BCUT2D eigenvalue weighted by Crippen LogP contribution is 2.36. The van der Waals surface area contributed by atoms with E-state index in [-0.39, 0.29) is 57.3 Å². The van der Waals surface area contributed by atoms with Gasteiger partial charge in [0.05, 0.1) is 12.1 Å². The van der Waals surface area contributed by atoms with Crippen LogP contribution < -0.4 is 21.3 Å². The van der Waals surface area contributed by atoms with Gasteiger partial charge in [0.1, 0.15) is 31.4 Å². The Morgan fingerprint density at radius 3 is 1.81 bits per heavy atom. The topological polar surface area (TPSA) is 192 Å². The lowest BCUT2D eigenvalue weighted by Crippen LogP contribution is -2.51. The normalized spacial score (nSPS) is 16.7. The third-order valence-electron chi connectivity index (χ3n) is 10.8. The third-order valence-corrected chi connectivity index (χ3v) is 10.8. The van der Waals surface area contributed by atoms with Crippen LogP contribution in [0.15, 0.2) is 91.0 Å². The number of rotatable bonds is 22. The molecule has 312 valence electrons. The molecule has 0 heterocycles. The molecule has 5 atom stereocenters. The van der Waals surface area contributed by atoms with Crippen molar-refractivity contribution < 1.29 is 43.7 Å². The van der Waals surface area contributed by atoms with E-state index in [0.29, 0.717) is 12.3 Å². The lowest BCUT2D eigenvalue weighted by molar-refractivity contribution is -0.147. The monoisotopic (exact) mass is 798 g/mol. The van der Waals surface area contributed by atoms with E-state index in [1.165, 1.54) is 6.42 Å². The van der Waals surface area contributed by atoms with Gasteiger partial charge >= 0.3 is 12.1 Å². The Hall–Kier alpha value is -5.27. The van der Waals surface area contributed by atoms with Crippen molar-refractivity contribution in [3.05, 3.63) is 108 Å². The van der Waals surface area contributed by atoms with Gasteiger partial charge in [-0.2, -0.15) is 0 Å². The fourth-order valence-corrected chi connectivity index (χ4v) is 7.31. The summed E-state index contributed by atoms with van der Waals surface area (Å²) in [7, 11) is 0. The summed E-state index contributed by atoms with van der Waals surface area (Å²) >= 11 is 0. The highest BCUT2D eigenvalue weighted by molar-refractivity contribution is 5.89. The zero-order valence-electron chi connectivity index (χ0n) is 33.1. The summed E-state index contributed by atoms with van der Waals surface area (Å²) in [5, 5.41) is 32.7. The van der Waals surface area contributed by atoms with Gasteiger partial charge in [-0.05, 0) is 54.2 Å². The minimum Gasteiger partial charge on any atom is -0.459 e. The maximum atomic E-state index is 13.6. The van der Waals surface area contributed by atoms with Gasteiger partial charge < -0.3 is 41.0 Å². The van der Waals surface area contributed by atoms with E-state index >= 15 is 0 Å². The number of esters is 1. The number of hydrogen-bond donors (Lipinski definition) is 6. The molecular weight excluding hydrogens is 741 g/mol. The van der Waals surface area contributed by atoms with Crippen molar-refractivity contribution in [2.24, 2.45) is 11.8 Å². The van der Waals surface area contributed by atoms with E-state index in [9.17, 15) is 34.2 Å². The van der Waals surface area contributed by atoms with Crippen LogP contribution in [0, 0.1) is 11.8 Å². The number of ether oxygens (including phenoxy) is 2. The van der Waals surface area contributed by atoms with E-state index in [1.807, 2.05) is 66.7 Å². The molecule has 6 N–H and O–H groups in total. The van der Waals surface area contributed by atoms with Crippen LogP contribution in [0.4, 0.5) is 4.79 Å². The molecule has 5 rings (SSSR count). The second-order valence-corrected chi connectivity index (χ2v) is 15.5. The van der Waals surface area contributed by atoms with Gasteiger partial charge in [-0.3, -0.25) is 14.4 Å². The molecule has 0 aromatic heterocycles. The molecule has 2 aliphatic carbocycles. The van der Waals surface area contributed by atoms with Gasteiger partial charge in [-0.1, -0.05) is 123 Å². The fraction of sp³-hybridized carbons (Fsp3) is 0.489. The van der Waals surface area contributed by atoms with Crippen LogP contribution in [0.1, 0.15) is 87.3 Å². The number of alkyl carbamates (subject to hydrolysis) is 1. The van der Waals surface area contributed by atoms with E-state index in [4.69, 9.17) is 9.47 Å². The summed E-state index contributed by atoms with van der Waals surface area (Å²) in [6.07, 6.45) is 4.67. The van der Waals surface area contributed by atoms with Crippen molar-refractivity contribution >= 4 is 29.8 Å². The van der Waals surface area contributed by atoms with E-state index in [0.717, 1.165) is 55.2 Å². The number of aliphatic hydroxyl groups excluding tert-OH is 2. The molecule has 13 heteroatoms. The number of carbonyl (C=O) groups excluding carboxylic acids is 5. The zero-order valence-corrected chi connectivity index (χ0v) is 33.1. The molecule has 1 unspecified atom stereocenters. The number of hydrogen-bond acceptors (Lipinski definition) is 9. The van der Waals surface area contributed by atoms with Crippen LogP contribution in [0.3, 0.4) is 0 Å². The Morgan fingerprint density at radius 2 is 1.21 bits per heavy atom. The highest BCUT2D eigenvalue weighted by Gasteiger charge is 2.39. The first-order chi connectivity index (χ1) is 28.1. The van der Waals surface area contributed by atoms with Gasteiger partial charge in [0.2, 0.25) is 17.7 Å². The first kappa shape index (κ1) is 43.8. The minimum absolute atomic E-state index is 0.0202. The second kappa shape index (κ2) is 23.2. The molecule has 4 amide bonds. The quantitative estimate of drug-likeness (QED) is 0.0788. The lowest BCUT2D eigenvalue weighted by Gasteiger charge is -2.32. The highest BCUT2D eigenvalue weighted by atomic mass is 16.6. The smallest absolute Gasteiger partial charge is 0.408 e. The second-order valence-electron chi connectivity index (χ2n) is 15.5. The molecule has 0 spiro atoms. The van der Waals surface area contributed by atoms with E-state index in [1.54, 1.807) is 24.3 Å². The summed E-state index contributed by atoms with van der Waals surface area (Å²) in [4.78, 5) is 66.1. The van der Waals surface area contributed by atoms with Crippen LogP contribution in [0.25, 0.3) is 0 Å². The first-order valence-corrected chi connectivity index (χ1v) is 20.6. The molecular formula is C45H58N4O9. The largest absolute Gasteiger partial charge is 0.459 e. The molecule has 0 bridgehead atoms. The summed E-state index contributed by atoms with van der Waals surface area (Å²) in [5.74, 6) is -1.74. The predicted molar refractivity (Wildman–Crippen MR) is 217 cm³/mol. The summed E-state index contributed by atoms with van der Waals surface area (Å²) in [6, 6.07) is 24.4. The van der Waals surface area contributed by atoms with Crippen LogP contribution in [0.2, 0.25) is 0 Å². The minimum atomic E-state index is -1.22. The number of aliphatic hydroxyl groups is 2. The van der Waals surface area contributed by atoms with Crippen LogP contribution in [-0.2, 0) is 48.3 Å². The van der Waals surface area contributed by atoms with Crippen molar-refractivity contribution in [3.8, 4) is 0 Å². The lowest BCUT2D eigenvalue weighted by atomic mass is 9.82. The molecule has 2 saturated carbocycles. The van der Waals surface area contributed by atoms with Gasteiger partial charge in [-0.25, -0.2) is 9.59 Å². The maximum absolute atomic E-state index is 13.6. The molecule has 0 radical (unpaired) electrons. The number of nitrogens with one attached hydrogen (secondary N) is 4. The van der Waals surface area contributed by atoms with Crippen molar-refractivity contribution in [1.29, 1.82) is 0 Å². The Labute approximate surface area is 340 Å². The Balaban J connectivity index is 1.16. The SMILES string of the molecule is O=C(CCC(NC(=O)OCc1ccccc1)C(=O)OCc1ccccc1)N[C@@H](Cc1ccccc1)C(=O)NCCC(=O)N[C@@H](CC1CCCCC1)[C@@H](O)[C@@H](O)C1CC1. The molecule has 2 aliphatic rings. The fourth-order valence-electron chi connectivity index (χ4n) is 7.31. The van der Waals surface area contributed by atoms with Crippen LogP contribution in [0.5, 0.6) is 0 Å². The van der Waals surface area contributed by atoms with Crippen molar-refractivity contribution in [2.75, 3.05) is 6.54 Å². The maximum Gasteiger partial charge on any atom is 0.408 e. The molecule has 2 fully saturated rings. The van der Waals surface area contributed by atoms with Gasteiger partial charge in [0.15, 0.2) is 0 Å².